The molecule has 0 bridgehead atoms. The summed E-state index contributed by atoms with van der Waals surface area (Å²) < 4.78 is 92.5. The molecule has 0 aliphatic carbocycles. The first-order chi connectivity index (χ1) is 20.7. The van der Waals surface area contributed by atoms with Gasteiger partial charge in [0.25, 0.3) is 5.88 Å². The van der Waals surface area contributed by atoms with Crippen LogP contribution in [-0.4, -0.2) is 80.6 Å². The fourth-order valence-corrected chi connectivity index (χ4v) is 5.82. The number of para-hydroxylation sites is 2. The number of halogens is 3. The molecule has 0 aliphatic rings. The number of aromatic nitrogens is 5. The number of methoxy groups -OCH3 is 1. The Labute approximate surface area is 253 Å². The van der Waals surface area contributed by atoms with Gasteiger partial charge in [0.1, 0.15) is 12.4 Å². The lowest BCUT2D eigenvalue weighted by molar-refractivity contribution is -0.198. The fourth-order valence-electron chi connectivity index (χ4n) is 3.85. The lowest BCUT2D eigenvalue weighted by Crippen LogP contribution is -2.38. The van der Waals surface area contributed by atoms with Crippen molar-refractivity contribution >= 4 is 34.9 Å². The van der Waals surface area contributed by atoms with E-state index in [4.69, 9.17) is 18.7 Å². The molecule has 0 amide bonds. The Morgan fingerprint density at radius 3 is 2.30 bits per heavy atom. The number of sulfonamides is 1. The highest BCUT2D eigenvalue weighted by molar-refractivity contribution is 7.92. The van der Waals surface area contributed by atoms with Crippen LogP contribution in [0.4, 0.5) is 19.0 Å². The van der Waals surface area contributed by atoms with E-state index < -0.39 is 54.6 Å². The predicted octanol–water partition coefficient (Wildman–Crippen LogP) is 5.16. The van der Waals surface area contributed by atoms with E-state index in [1.807, 2.05) is 0 Å². The summed E-state index contributed by atoms with van der Waals surface area (Å²) in [6, 6.07) is 9.54. The third kappa shape index (κ3) is 8.49. The number of ether oxygens (including phenoxy) is 3. The van der Waals surface area contributed by atoms with E-state index in [1.165, 1.54) is 19.2 Å². The third-order valence-electron chi connectivity index (χ3n) is 6.22. The summed E-state index contributed by atoms with van der Waals surface area (Å²) in [5.41, 5.74) is 0.252. The molecular weight excluding hydrogens is 621 g/mol. The summed E-state index contributed by atoms with van der Waals surface area (Å²) in [6.45, 7) is 7.51. The normalized spacial score (nSPS) is 13.3. The van der Waals surface area contributed by atoms with E-state index in [1.54, 1.807) is 25.1 Å². The Bertz CT molecular complexity index is 1670. The summed E-state index contributed by atoms with van der Waals surface area (Å²) in [4.78, 5) is 16.8. The van der Waals surface area contributed by atoms with Crippen LogP contribution in [0.2, 0.25) is 25.7 Å². The number of alkyl halides is 3. The lowest BCUT2D eigenvalue weighted by atomic mass is 10.1. The van der Waals surface area contributed by atoms with E-state index in [0.29, 0.717) is 0 Å². The maximum absolute atomic E-state index is 14.5. The number of anilines is 1. The zero-order valence-electron chi connectivity index (χ0n) is 24.8. The van der Waals surface area contributed by atoms with Gasteiger partial charge in [-0.25, -0.2) is 22.7 Å². The molecule has 17 heteroatoms. The van der Waals surface area contributed by atoms with Gasteiger partial charge in [-0.2, -0.15) is 18.2 Å². The fraction of sp³-hybridized carbons (Fsp3) is 0.444. The van der Waals surface area contributed by atoms with Gasteiger partial charge in [0, 0.05) is 40.5 Å². The highest BCUT2D eigenvalue weighted by Crippen LogP contribution is 2.40. The standard InChI is InChI=1S/C27H33F3N6O6SSi/c1-18-32-24(35-42-18)22-11-10-19(16-31-22)23(27(28,29)30)41-26-25(33-20-8-6-7-9-21(20)34-26)36(43(37,38)14-12-39-2)17-40-13-15-44(3,4)5/h6-11,16,23H,12-15,17H2,1-5H3. The molecule has 0 spiro atoms. The second-order valence-corrected chi connectivity index (χ2v) is 18.6. The number of nitrogens with zero attached hydrogens (tertiary/aromatic N) is 6. The Hall–Kier alpha value is -3.67. The topological polar surface area (TPSA) is 143 Å². The van der Waals surface area contributed by atoms with Gasteiger partial charge in [0.2, 0.25) is 33.7 Å². The highest BCUT2D eigenvalue weighted by atomic mass is 32.2. The molecule has 1 unspecified atom stereocenters. The molecule has 4 rings (SSSR count). The van der Waals surface area contributed by atoms with Crippen LogP contribution in [0.15, 0.2) is 47.1 Å². The van der Waals surface area contributed by atoms with Crippen LogP contribution in [0.3, 0.4) is 0 Å². The number of pyridine rings is 1. The van der Waals surface area contributed by atoms with E-state index in [9.17, 15) is 21.6 Å². The number of hydrogen-bond acceptors (Lipinski definition) is 11. The van der Waals surface area contributed by atoms with Crippen LogP contribution in [-0.2, 0) is 19.5 Å². The van der Waals surface area contributed by atoms with Crippen molar-refractivity contribution in [1.82, 2.24) is 25.1 Å². The number of benzene rings is 1. The van der Waals surface area contributed by atoms with Crippen LogP contribution < -0.4 is 9.04 Å². The van der Waals surface area contributed by atoms with Crippen molar-refractivity contribution in [2.75, 3.05) is 37.1 Å². The van der Waals surface area contributed by atoms with Gasteiger partial charge in [0.15, 0.2) is 0 Å². The van der Waals surface area contributed by atoms with Crippen molar-refractivity contribution < 1.29 is 40.3 Å². The van der Waals surface area contributed by atoms with Crippen molar-refractivity contribution in [2.24, 2.45) is 0 Å². The molecule has 3 aromatic heterocycles. The molecule has 0 saturated carbocycles. The van der Waals surface area contributed by atoms with Gasteiger partial charge in [-0.05, 0) is 24.2 Å². The number of rotatable bonds is 14. The molecule has 0 N–H and O–H groups in total. The third-order valence-corrected chi connectivity index (χ3v) is 9.55. The first kappa shape index (κ1) is 33.2. The molecule has 0 fully saturated rings. The van der Waals surface area contributed by atoms with Gasteiger partial charge >= 0.3 is 6.18 Å². The first-order valence-corrected chi connectivity index (χ1v) is 18.8. The zero-order valence-corrected chi connectivity index (χ0v) is 26.6. The van der Waals surface area contributed by atoms with Crippen LogP contribution in [0, 0.1) is 6.92 Å². The predicted molar refractivity (Wildman–Crippen MR) is 158 cm³/mol. The van der Waals surface area contributed by atoms with Crippen molar-refractivity contribution in [1.29, 1.82) is 0 Å². The smallest absolute Gasteiger partial charge is 0.429 e. The van der Waals surface area contributed by atoms with E-state index in [-0.39, 0.29) is 47.2 Å². The molecule has 3 heterocycles. The van der Waals surface area contributed by atoms with E-state index >= 15 is 0 Å². The summed E-state index contributed by atoms with van der Waals surface area (Å²) in [7, 11) is -4.42. The van der Waals surface area contributed by atoms with Crippen LogP contribution in [0.5, 0.6) is 5.88 Å². The number of fused-ring (bicyclic) bond motifs is 1. The van der Waals surface area contributed by atoms with Gasteiger partial charge in [0.05, 0.1) is 23.4 Å². The van der Waals surface area contributed by atoms with Gasteiger partial charge < -0.3 is 18.7 Å². The van der Waals surface area contributed by atoms with Crippen molar-refractivity contribution in [2.45, 2.75) is 44.9 Å². The molecule has 12 nitrogen and oxygen atoms in total. The van der Waals surface area contributed by atoms with Crippen molar-refractivity contribution in [3.05, 3.63) is 54.0 Å². The first-order valence-electron chi connectivity index (χ1n) is 13.5. The molecule has 0 aliphatic heterocycles. The SMILES string of the molecule is COCCS(=O)(=O)N(COCC[Si](C)(C)C)c1nc2ccccc2nc1OC(c1ccc(-c2noc(C)n2)nc1)C(F)(F)F. The van der Waals surface area contributed by atoms with E-state index in [2.05, 4.69) is 44.7 Å². The molecule has 0 radical (unpaired) electrons. The van der Waals surface area contributed by atoms with Crippen LogP contribution in [0.1, 0.15) is 17.6 Å². The minimum atomic E-state index is -4.95. The van der Waals surface area contributed by atoms with Gasteiger partial charge in [-0.1, -0.05) is 43.0 Å². The Morgan fingerprint density at radius 1 is 1.02 bits per heavy atom. The minimum Gasteiger partial charge on any atom is -0.457 e. The molecule has 238 valence electrons. The lowest BCUT2D eigenvalue weighted by Gasteiger charge is -2.27. The average molecular weight is 655 g/mol. The summed E-state index contributed by atoms with van der Waals surface area (Å²) in [5.74, 6) is -1.22. The summed E-state index contributed by atoms with van der Waals surface area (Å²) in [6.07, 6.45) is -6.56. The monoisotopic (exact) mass is 654 g/mol. The van der Waals surface area contributed by atoms with E-state index in [0.717, 1.165) is 22.6 Å². The number of hydrogen-bond donors (Lipinski definition) is 0. The second-order valence-electron chi connectivity index (χ2n) is 11.0. The average Bonchev–Trinajstić information content (AvgIpc) is 3.39. The molecule has 1 aromatic carbocycles. The molecule has 1 atom stereocenters. The Morgan fingerprint density at radius 2 is 1.73 bits per heavy atom. The highest BCUT2D eigenvalue weighted by Gasteiger charge is 2.45. The van der Waals surface area contributed by atoms with Crippen LogP contribution in [0.25, 0.3) is 22.6 Å². The molecular formula is C27H33F3N6O6SSi. The number of aryl methyl sites for hydroxylation is 1. The minimum absolute atomic E-state index is 0.104. The quantitative estimate of drug-likeness (QED) is 0.101. The Kier molecular flexibility index (Phi) is 10.2. The maximum atomic E-state index is 14.5. The molecule has 44 heavy (non-hydrogen) atoms. The largest absolute Gasteiger partial charge is 0.457 e. The van der Waals surface area contributed by atoms with Crippen LogP contribution >= 0.6 is 0 Å². The Balaban J connectivity index is 1.77. The van der Waals surface area contributed by atoms with Crippen molar-refractivity contribution in [3.8, 4) is 17.4 Å². The van der Waals surface area contributed by atoms with Gasteiger partial charge in [-0.3, -0.25) is 4.98 Å². The maximum Gasteiger partial charge on any atom is 0.429 e. The van der Waals surface area contributed by atoms with Crippen molar-refractivity contribution in [3.63, 3.8) is 0 Å². The van der Waals surface area contributed by atoms with Gasteiger partial charge in [-0.15, -0.1) is 0 Å². The summed E-state index contributed by atoms with van der Waals surface area (Å²) in [5, 5.41) is 3.72. The summed E-state index contributed by atoms with van der Waals surface area (Å²) >= 11 is 0. The molecule has 4 aromatic rings. The molecule has 0 saturated heterocycles. The zero-order chi connectivity index (χ0) is 32.1. The second kappa shape index (κ2) is 13.5.